The Balaban J connectivity index is 1.68. The second kappa shape index (κ2) is 8.13. The molecule has 1 N–H and O–H groups in total. The van der Waals surface area contributed by atoms with Gasteiger partial charge in [-0.1, -0.05) is 60.1 Å². The zero-order valence-corrected chi connectivity index (χ0v) is 17.0. The molecule has 0 radical (unpaired) electrons. The van der Waals surface area contributed by atoms with Gasteiger partial charge in [-0.15, -0.1) is 0 Å². The second-order valence-corrected chi connectivity index (χ2v) is 7.59. The molecule has 1 aliphatic rings. The Morgan fingerprint density at radius 1 is 0.933 bits per heavy atom. The number of carbonyl (C=O) groups excluding carboxylic acids is 3. The van der Waals surface area contributed by atoms with Gasteiger partial charge in [-0.25, -0.2) is 0 Å². The molecule has 1 aliphatic heterocycles. The van der Waals surface area contributed by atoms with Crippen LogP contribution in [-0.2, 0) is 11.2 Å². The maximum atomic E-state index is 13.2. The van der Waals surface area contributed by atoms with Crippen molar-refractivity contribution in [2.75, 3.05) is 5.32 Å². The van der Waals surface area contributed by atoms with Crippen LogP contribution in [0.3, 0.4) is 0 Å². The number of benzene rings is 3. The van der Waals surface area contributed by atoms with Gasteiger partial charge in [0.15, 0.2) is 0 Å². The van der Waals surface area contributed by atoms with Crippen LogP contribution in [0.25, 0.3) is 0 Å². The number of carbonyl (C=O) groups is 3. The van der Waals surface area contributed by atoms with Gasteiger partial charge in [-0.05, 0) is 42.3 Å². The first-order chi connectivity index (χ1) is 14.5. The van der Waals surface area contributed by atoms with Crippen molar-refractivity contribution in [3.05, 3.63) is 100 Å². The van der Waals surface area contributed by atoms with Gasteiger partial charge in [0, 0.05) is 17.1 Å². The maximum Gasteiger partial charge on any atom is 0.262 e. The largest absolute Gasteiger partial charge is 0.324 e. The minimum absolute atomic E-state index is 0.206. The summed E-state index contributed by atoms with van der Waals surface area (Å²) in [5, 5.41) is 3.33. The first-order valence-corrected chi connectivity index (χ1v) is 9.91. The minimum atomic E-state index is -1.00. The minimum Gasteiger partial charge on any atom is -0.324 e. The fraction of sp³-hybridized carbons (Fsp3) is 0.125. The fourth-order valence-electron chi connectivity index (χ4n) is 3.53. The Hall–Kier alpha value is -3.44. The summed E-state index contributed by atoms with van der Waals surface area (Å²) in [6, 6.07) is 20.1. The topological polar surface area (TPSA) is 66.5 Å². The molecule has 6 heteroatoms. The number of fused-ring (bicyclic) bond motifs is 1. The zero-order valence-electron chi connectivity index (χ0n) is 16.3. The van der Waals surface area contributed by atoms with Crippen LogP contribution < -0.4 is 5.32 Å². The zero-order chi connectivity index (χ0) is 21.3. The summed E-state index contributed by atoms with van der Waals surface area (Å²) >= 11 is 6.17. The molecule has 3 aromatic rings. The van der Waals surface area contributed by atoms with Crippen molar-refractivity contribution in [2.24, 2.45) is 0 Å². The van der Waals surface area contributed by atoms with E-state index in [4.69, 9.17) is 11.6 Å². The highest BCUT2D eigenvalue weighted by molar-refractivity contribution is 6.31. The predicted octanol–water partition coefficient (Wildman–Crippen LogP) is 4.49. The summed E-state index contributed by atoms with van der Waals surface area (Å²) in [6.45, 7) is 1.87. The molecule has 0 spiro atoms. The van der Waals surface area contributed by atoms with Gasteiger partial charge in [-0.2, -0.15) is 0 Å². The lowest BCUT2D eigenvalue weighted by atomic mass is 10.0. The number of rotatable bonds is 5. The highest BCUT2D eigenvalue weighted by Gasteiger charge is 2.42. The monoisotopic (exact) mass is 418 g/mol. The van der Waals surface area contributed by atoms with Crippen molar-refractivity contribution < 1.29 is 14.4 Å². The molecular weight excluding hydrogens is 400 g/mol. The van der Waals surface area contributed by atoms with Crippen LogP contribution in [0.15, 0.2) is 72.8 Å². The number of hydrogen-bond acceptors (Lipinski definition) is 3. The lowest BCUT2D eigenvalue weighted by molar-refractivity contribution is -0.119. The molecule has 4 rings (SSSR count). The van der Waals surface area contributed by atoms with Gasteiger partial charge >= 0.3 is 0 Å². The third-order valence-corrected chi connectivity index (χ3v) is 5.56. The van der Waals surface area contributed by atoms with Crippen molar-refractivity contribution in [3.8, 4) is 0 Å². The van der Waals surface area contributed by atoms with E-state index in [0.717, 1.165) is 16.0 Å². The quantitative estimate of drug-likeness (QED) is 0.620. The summed E-state index contributed by atoms with van der Waals surface area (Å²) in [5.41, 5.74) is 2.86. The highest BCUT2D eigenvalue weighted by atomic mass is 35.5. The van der Waals surface area contributed by atoms with E-state index in [-0.39, 0.29) is 6.42 Å². The molecule has 150 valence electrons. The molecule has 0 aliphatic carbocycles. The van der Waals surface area contributed by atoms with Gasteiger partial charge in [0.2, 0.25) is 5.91 Å². The van der Waals surface area contributed by atoms with Gasteiger partial charge in [-0.3, -0.25) is 19.3 Å². The average molecular weight is 419 g/mol. The fourth-order valence-corrected chi connectivity index (χ4v) is 3.71. The normalized spacial score (nSPS) is 13.9. The molecule has 1 heterocycles. The Morgan fingerprint density at radius 3 is 2.13 bits per heavy atom. The number of halogens is 1. The molecular formula is C24H19ClN2O3. The Kier molecular flexibility index (Phi) is 5.38. The first kappa shape index (κ1) is 19.9. The number of aryl methyl sites for hydroxylation is 1. The van der Waals surface area contributed by atoms with E-state index in [0.29, 0.717) is 21.8 Å². The van der Waals surface area contributed by atoms with E-state index in [1.54, 1.807) is 42.5 Å². The van der Waals surface area contributed by atoms with Crippen molar-refractivity contribution in [3.63, 3.8) is 0 Å². The maximum absolute atomic E-state index is 13.2. The van der Waals surface area contributed by atoms with Gasteiger partial charge in [0.25, 0.3) is 11.8 Å². The number of anilines is 1. The molecule has 3 aromatic carbocycles. The van der Waals surface area contributed by atoms with Crippen LogP contribution in [0.4, 0.5) is 5.69 Å². The smallest absolute Gasteiger partial charge is 0.262 e. The lowest BCUT2D eigenvalue weighted by Crippen LogP contribution is -2.48. The standard InChI is InChI=1S/C24H19ClN2O3/c1-15-11-12-17(14-20(15)25)26-22(28)21(13-16-7-3-2-4-8-16)27-23(29)18-9-5-6-10-19(18)24(27)30/h2-12,14,21H,13H2,1H3,(H,26,28)/t21-/m0/s1. The van der Waals surface area contributed by atoms with Crippen molar-refractivity contribution in [1.29, 1.82) is 0 Å². The van der Waals surface area contributed by atoms with Crippen LogP contribution in [0.5, 0.6) is 0 Å². The van der Waals surface area contributed by atoms with Crippen LogP contribution in [-0.4, -0.2) is 28.7 Å². The molecule has 3 amide bonds. The Labute approximate surface area is 179 Å². The molecule has 0 saturated heterocycles. The molecule has 1 atom stereocenters. The van der Waals surface area contributed by atoms with Crippen LogP contribution in [0.2, 0.25) is 5.02 Å². The summed E-state index contributed by atoms with van der Waals surface area (Å²) in [6.07, 6.45) is 0.206. The lowest BCUT2D eigenvalue weighted by Gasteiger charge is -2.25. The molecule has 0 fully saturated rings. The van der Waals surface area contributed by atoms with E-state index in [1.165, 1.54) is 0 Å². The van der Waals surface area contributed by atoms with Crippen molar-refractivity contribution in [1.82, 2.24) is 4.90 Å². The number of imide groups is 1. The van der Waals surface area contributed by atoms with Gasteiger partial charge in [0.1, 0.15) is 6.04 Å². The molecule has 0 saturated carbocycles. The van der Waals surface area contributed by atoms with Crippen molar-refractivity contribution >= 4 is 35.0 Å². The van der Waals surface area contributed by atoms with E-state index < -0.39 is 23.8 Å². The van der Waals surface area contributed by atoms with Crippen LogP contribution in [0, 0.1) is 6.92 Å². The van der Waals surface area contributed by atoms with E-state index in [2.05, 4.69) is 5.32 Å². The van der Waals surface area contributed by atoms with Gasteiger partial charge < -0.3 is 5.32 Å². The van der Waals surface area contributed by atoms with E-state index in [1.807, 2.05) is 37.3 Å². The average Bonchev–Trinajstić information content (AvgIpc) is 3.00. The first-order valence-electron chi connectivity index (χ1n) is 9.53. The Bertz CT molecular complexity index is 1110. The predicted molar refractivity (Wildman–Crippen MR) is 116 cm³/mol. The molecule has 5 nitrogen and oxygen atoms in total. The summed E-state index contributed by atoms with van der Waals surface area (Å²) < 4.78 is 0. The molecule has 0 unspecified atom stereocenters. The number of hydrogen-bond donors (Lipinski definition) is 1. The Morgan fingerprint density at radius 2 is 1.53 bits per heavy atom. The second-order valence-electron chi connectivity index (χ2n) is 7.18. The molecule has 30 heavy (non-hydrogen) atoms. The van der Waals surface area contributed by atoms with Crippen LogP contribution >= 0.6 is 11.6 Å². The van der Waals surface area contributed by atoms with E-state index in [9.17, 15) is 14.4 Å². The summed E-state index contributed by atoms with van der Waals surface area (Å²) in [5.74, 6) is -1.38. The highest BCUT2D eigenvalue weighted by Crippen LogP contribution is 2.27. The van der Waals surface area contributed by atoms with Gasteiger partial charge in [0.05, 0.1) is 11.1 Å². The number of amides is 3. The summed E-state index contributed by atoms with van der Waals surface area (Å²) in [7, 11) is 0. The third kappa shape index (κ3) is 3.72. The van der Waals surface area contributed by atoms with E-state index >= 15 is 0 Å². The third-order valence-electron chi connectivity index (χ3n) is 5.15. The SMILES string of the molecule is Cc1ccc(NC(=O)[C@H](Cc2ccccc2)N2C(=O)c3ccccc3C2=O)cc1Cl. The van der Waals surface area contributed by atoms with Crippen molar-refractivity contribution in [2.45, 2.75) is 19.4 Å². The summed E-state index contributed by atoms with van der Waals surface area (Å²) in [4.78, 5) is 40.3. The number of nitrogens with one attached hydrogen (secondary N) is 1. The number of nitrogens with zero attached hydrogens (tertiary/aromatic N) is 1. The molecule has 0 bridgehead atoms. The van der Waals surface area contributed by atoms with Crippen LogP contribution in [0.1, 0.15) is 31.8 Å². The molecule has 0 aromatic heterocycles.